The lowest BCUT2D eigenvalue weighted by atomic mass is 9.84. The quantitative estimate of drug-likeness (QED) is 0.752. The van der Waals surface area contributed by atoms with Gasteiger partial charge < -0.3 is 9.84 Å². The maximum Gasteiger partial charge on any atom is 0.0697 e. The molecular weight excluding hydrogens is 176 g/mol. The fraction of sp³-hybridized carbons (Fsp3) is 1.00. The molecule has 0 aromatic carbocycles. The van der Waals surface area contributed by atoms with Gasteiger partial charge in [0.25, 0.3) is 0 Å². The zero-order valence-electron chi connectivity index (χ0n) is 9.17. The SMILES string of the molecule is CCCC1CC(O)(CC2CC2)CCO1. The van der Waals surface area contributed by atoms with E-state index >= 15 is 0 Å². The highest BCUT2D eigenvalue weighted by atomic mass is 16.5. The minimum atomic E-state index is -0.390. The van der Waals surface area contributed by atoms with E-state index in [1.165, 1.54) is 12.8 Å². The van der Waals surface area contributed by atoms with E-state index in [-0.39, 0.29) is 5.60 Å². The van der Waals surface area contributed by atoms with Crippen LogP contribution in [0.4, 0.5) is 0 Å². The minimum absolute atomic E-state index is 0.317. The van der Waals surface area contributed by atoms with Gasteiger partial charge in [0, 0.05) is 13.0 Å². The third-order valence-corrected chi connectivity index (χ3v) is 3.50. The van der Waals surface area contributed by atoms with Crippen molar-refractivity contribution in [3.63, 3.8) is 0 Å². The van der Waals surface area contributed by atoms with Gasteiger partial charge in [-0.15, -0.1) is 0 Å². The van der Waals surface area contributed by atoms with Crippen LogP contribution in [0, 0.1) is 5.92 Å². The van der Waals surface area contributed by atoms with E-state index in [0.29, 0.717) is 6.10 Å². The molecule has 0 amide bonds. The summed E-state index contributed by atoms with van der Waals surface area (Å²) in [5.74, 6) is 0.820. The molecule has 0 radical (unpaired) electrons. The van der Waals surface area contributed by atoms with Gasteiger partial charge in [0.1, 0.15) is 0 Å². The molecule has 14 heavy (non-hydrogen) atoms. The summed E-state index contributed by atoms with van der Waals surface area (Å²) in [7, 11) is 0. The Morgan fingerprint density at radius 2 is 2.21 bits per heavy atom. The van der Waals surface area contributed by atoms with Crippen molar-refractivity contribution in [3.05, 3.63) is 0 Å². The highest BCUT2D eigenvalue weighted by Crippen LogP contribution is 2.41. The van der Waals surface area contributed by atoms with Crippen molar-refractivity contribution >= 4 is 0 Å². The Morgan fingerprint density at radius 3 is 2.86 bits per heavy atom. The van der Waals surface area contributed by atoms with Crippen LogP contribution in [-0.4, -0.2) is 23.4 Å². The zero-order chi connectivity index (χ0) is 10.0. The summed E-state index contributed by atoms with van der Waals surface area (Å²) in [4.78, 5) is 0. The van der Waals surface area contributed by atoms with Crippen LogP contribution in [0.2, 0.25) is 0 Å². The minimum Gasteiger partial charge on any atom is -0.390 e. The lowest BCUT2D eigenvalue weighted by Gasteiger charge is -2.37. The third kappa shape index (κ3) is 2.71. The van der Waals surface area contributed by atoms with Crippen LogP contribution in [0.25, 0.3) is 0 Å². The van der Waals surface area contributed by atoms with Gasteiger partial charge in [-0.2, -0.15) is 0 Å². The van der Waals surface area contributed by atoms with Gasteiger partial charge in [0.05, 0.1) is 11.7 Å². The van der Waals surface area contributed by atoms with Gasteiger partial charge in [-0.1, -0.05) is 26.2 Å². The third-order valence-electron chi connectivity index (χ3n) is 3.50. The second kappa shape index (κ2) is 4.19. The molecule has 2 nitrogen and oxygen atoms in total. The van der Waals surface area contributed by atoms with Crippen LogP contribution in [0.1, 0.15) is 51.9 Å². The monoisotopic (exact) mass is 198 g/mol. The molecule has 2 atom stereocenters. The van der Waals surface area contributed by atoms with Crippen LogP contribution >= 0.6 is 0 Å². The average Bonchev–Trinajstić information content (AvgIpc) is 2.88. The molecular formula is C12H22O2. The van der Waals surface area contributed by atoms with Crippen LogP contribution < -0.4 is 0 Å². The zero-order valence-corrected chi connectivity index (χ0v) is 9.17. The molecule has 0 aromatic heterocycles. The maximum absolute atomic E-state index is 10.4. The highest BCUT2D eigenvalue weighted by molar-refractivity contribution is 4.91. The van der Waals surface area contributed by atoms with Gasteiger partial charge in [0.2, 0.25) is 0 Å². The first kappa shape index (κ1) is 10.4. The first-order valence-corrected chi connectivity index (χ1v) is 6.06. The Hall–Kier alpha value is -0.0800. The molecule has 1 aliphatic carbocycles. The van der Waals surface area contributed by atoms with Gasteiger partial charge in [-0.3, -0.25) is 0 Å². The standard InChI is InChI=1S/C12H22O2/c1-2-3-11-9-12(13,6-7-14-11)8-10-4-5-10/h10-11,13H,2-9H2,1H3. The second-order valence-corrected chi connectivity index (χ2v) is 5.11. The van der Waals surface area contributed by atoms with Crippen molar-refractivity contribution < 1.29 is 9.84 Å². The van der Waals surface area contributed by atoms with E-state index in [9.17, 15) is 5.11 Å². The molecule has 1 saturated heterocycles. The fourth-order valence-electron chi connectivity index (χ4n) is 2.55. The normalized spacial score (nSPS) is 38.6. The first-order chi connectivity index (χ1) is 6.72. The molecule has 0 spiro atoms. The Kier molecular flexibility index (Phi) is 3.13. The maximum atomic E-state index is 10.4. The number of ether oxygens (including phenoxy) is 1. The molecule has 0 aromatic rings. The van der Waals surface area contributed by atoms with Gasteiger partial charge >= 0.3 is 0 Å². The van der Waals surface area contributed by atoms with E-state index in [1.54, 1.807) is 0 Å². The molecule has 1 N–H and O–H groups in total. The van der Waals surface area contributed by atoms with Crippen molar-refractivity contribution in [1.29, 1.82) is 0 Å². The Morgan fingerprint density at radius 1 is 1.43 bits per heavy atom. The largest absolute Gasteiger partial charge is 0.390 e. The summed E-state index contributed by atoms with van der Waals surface area (Å²) < 4.78 is 5.66. The summed E-state index contributed by atoms with van der Waals surface area (Å²) in [5.41, 5.74) is -0.390. The van der Waals surface area contributed by atoms with E-state index in [1.807, 2.05) is 0 Å². The number of aliphatic hydroxyl groups is 1. The van der Waals surface area contributed by atoms with E-state index < -0.39 is 0 Å². The van der Waals surface area contributed by atoms with E-state index in [4.69, 9.17) is 4.74 Å². The molecule has 2 heteroatoms. The van der Waals surface area contributed by atoms with Crippen molar-refractivity contribution in [2.45, 2.75) is 63.6 Å². The van der Waals surface area contributed by atoms with Crippen LogP contribution in [0.3, 0.4) is 0 Å². The smallest absolute Gasteiger partial charge is 0.0697 e. The first-order valence-electron chi connectivity index (χ1n) is 6.06. The summed E-state index contributed by atoms with van der Waals surface area (Å²) in [6.45, 7) is 2.94. The lowest BCUT2D eigenvalue weighted by Crippen LogP contribution is -2.41. The summed E-state index contributed by atoms with van der Waals surface area (Å²) in [6.07, 6.45) is 8.00. The fourth-order valence-corrected chi connectivity index (χ4v) is 2.55. The van der Waals surface area contributed by atoms with Crippen molar-refractivity contribution in [3.8, 4) is 0 Å². The van der Waals surface area contributed by atoms with Crippen molar-refractivity contribution in [2.24, 2.45) is 5.92 Å². The molecule has 2 rings (SSSR count). The molecule has 2 aliphatic rings. The van der Waals surface area contributed by atoms with E-state index in [2.05, 4.69) is 6.92 Å². The molecule has 1 heterocycles. The summed E-state index contributed by atoms with van der Waals surface area (Å²) in [6, 6.07) is 0. The second-order valence-electron chi connectivity index (χ2n) is 5.11. The molecule has 2 fully saturated rings. The Bertz CT molecular complexity index is 187. The highest BCUT2D eigenvalue weighted by Gasteiger charge is 2.39. The number of hydrogen-bond acceptors (Lipinski definition) is 2. The van der Waals surface area contributed by atoms with Gasteiger partial charge in [-0.25, -0.2) is 0 Å². The lowest BCUT2D eigenvalue weighted by molar-refractivity contribution is -0.111. The van der Waals surface area contributed by atoms with Crippen molar-refractivity contribution in [2.75, 3.05) is 6.61 Å². The van der Waals surface area contributed by atoms with Gasteiger partial charge in [0.15, 0.2) is 0 Å². The number of hydrogen-bond donors (Lipinski definition) is 1. The predicted molar refractivity (Wildman–Crippen MR) is 56.2 cm³/mol. The Balaban J connectivity index is 1.83. The van der Waals surface area contributed by atoms with E-state index in [0.717, 1.165) is 44.6 Å². The number of rotatable bonds is 4. The molecule has 2 unspecified atom stereocenters. The molecule has 1 saturated carbocycles. The topological polar surface area (TPSA) is 29.5 Å². The molecule has 1 aliphatic heterocycles. The van der Waals surface area contributed by atoms with Crippen LogP contribution in [-0.2, 0) is 4.74 Å². The van der Waals surface area contributed by atoms with Crippen molar-refractivity contribution in [1.82, 2.24) is 0 Å². The van der Waals surface area contributed by atoms with Crippen LogP contribution in [0.5, 0.6) is 0 Å². The predicted octanol–water partition coefficient (Wildman–Crippen LogP) is 2.50. The summed E-state index contributed by atoms with van der Waals surface area (Å²) in [5, 5.41) is 10.4. The van der Waals surface area contributed by atoms with Crippen LogP contribution in [0.15, 0.2) is 0 Å². The molecule has 0 bridgehead atoms. The molecule has 82 valence electrons. The average molecular weight is 198 g/mol. The van der Waals surface area contributed by atoms with Gasteiger partial charge in [-0.05, 0) is 25.2 Å². The summed E-state index contributed by atoms with van der Waals surface area (Å²) >= 11 is 0. The Labute approximate surface area is 86.6 Å².